The van der Waals surface area contributed by atoms with Crippen LogP contribution in [0.1, 0.15) is 17.3 Å². The largest absolute Gasteiger partial charge is 0.504 e. The third-order valence-electron chi connectivity index (χ3n) is 3.56. The monoisotopic (exact) mass is 297 g/mol. The van der Waals surface area contributed by atoms with Crippen LogP contribution >= 0.6 is 0 Å². The minimum atomic E-state index is -0.985. The zero-order chi connectivity index (χ0) is 15.6. The molecular weight excluding hydrogens is 278 g/mol. The zero-order valence-electron chi connectivity index (χ0n) is 11.8. The highest BCUT2D eigenvalue weighted by Crippen LogP contribution is 2.27. The van der Waals surface area contributed by atoms with Crippen LogP contribution in [-0.2, 0) is 4.74 Å². The molecule has 1 unspecified atom stereocenters. The second-order valence-corrected chi connectivity index (χ2v) is 4.94. The smallest absolute Gasteiger partial charge is 0.251 e. The molecule has 0 aliphatic carbocycles. The summed E-state index contributed by atoms with van der Waals surface area (Å²) in [4.78, 5) is 12.1. The van der Waals surface area contributed by atoms with Crippen molar-refractivity contribution in [1.29, 1.82) is 0 Å². The van der Waals surface area contributed by atoms with Crippen LogP contribution in [0.5, 0.6) is 11.5 Å². The van der Waals surface area contributed by atoms with Gasteiger partial charge < -0.3 is 30.1 Å². The molecular formula is C14H19NO6. The van der Waals surface area contributed by atoms with Crippen molar-refractivity contribution in [1.82, 2.24) is 5.32 Å². The minimum absolute atomic E-state index is 0.144. The predicted molar refractivity (Wildman–Crippen MR) is 73.3 cm³/mol. The van der Waals surface area contributed by atoms with Gasteiger partial charge in [-0.15, -0.1) is 0 Å². The van der Waals surface area contributed by atoms with Gasteiger partial charge in [0.2, 0.25) is 0 Å². The number of phenols is 1. The van der Waals surface area contributed by atoms with Gasteiger partial charge >= 0.3 is 0 Å². The normalized spacial score (nSPS) is 28.4. The van der Waals surface area contributed by atoms with Gasteiger partial charge in [-0.3, -0.25) is 4.79 Å². The standard InChI is InChI=1S/C14H19NO6/c1-7-12(13(18)11(6-16)21-7)15-14(19)8-3-4-10(20-2)9(17)5-8/h3-5,7,11-13,16-18H,6H2,1-2H3,(H,15,19)/t7-,11+,12?,13-/m0/s1. The zero-order valence-corrected chi connectivity index (χ0v) is 11.8. The van der Waals surface area contributed by atoms with Crippen molar-refractivity contribution >= 4 is 5.91 Å². The number of aromatic hydroxyl groups is 1. The molecule has 1 amide bonds. The first-order valence-electron chi connectivity index (χ1n) is 6.60. The fourth-order valence-electron chi connectivity index (χ4n) is 2.37. The quantitative estimate of drug-likeness (QED) is 0.604. The molecule has 7 nitrogen and oxygen atoms in total. The first kappa shape index (κ1) is 15.6. The number of methoxy groups -OCH3 is 1. The van der Waals surface area contributed by atoms with Crippen LogP contribution in [0.3, 0.4) is 0 Å². The van der Waals surface area contributed by atoms with Crippen LogP contribution in [0, 0.1) is 0 Å². The van der Waals surface area contributed by atoms with E-state index >= 15 is 0 Å². The SMILES string of the molecule is COc1ccc(C(=O)NC2[C@H](C)O[C@H](CO)[C@@H]2O)cc1O. The van der Waals surface area contributed by atoms with E-state index in [2.05, 4.69) is 5.32 Å². The summed E-state index contributed by atoms with van der Waals surface area (Å²) in [5, 5.41) is 31.4. The Kier molecular flexibility index (Phi) is 4.66. The Morgan fingerprint density at radius 3 is 2.71 bits per heavy atom. The van der Waals surface area contributed by atoms with Gasteiger partial charge in [-0.25, -0.2) is 0 Å². The average Bonchev–Trinajstić information content (AvgIpc) is 2.74. The Labute approximate surface area is 122 Å². The van der Waals surface area contributed by atoms with E-state index in [1.807, 2.05) is 0 Å². The maximum absolute atomic E-state index is 12.1. The van der Waals surface area contributed by atoms with Gasteiger partial charge in [-0.1, -0.05) is 0 Å². The van der Waals surface area contributed by atoms with Crippen molar-refractivity contribution in [2.45, 2.75) is 31.3 Å². The minimum Gasteiger partial charge on any atom is -0.504 e. The predicted octanol–water partition coefficient (Wildman–Crippen LogP) is -0.360. The second kappa shape index (κ2) is 6.30. The first-order chi connectivity index (χ1) is 9.97. The number of phenolic OH excluding ortho intramolecular Hbond substituents is 1. The van der Waals surface area contributed by atoms with Crippen LogP contribution < -0.4 is 10.1 Å². The lowest BCUT2D eigenvalue weighted by atomic mass is 10.0. The molecule has 1 aliphatic rings. The van der Waals surface area contributed by atoms with E-state index in [4.69, 9.17) is 14.6 Å². The molecule has 2 rings (SSSR count). The number of aliphatic hydroxyl groups excluding tert-OH is 2. The summed E-state index contributed by atoms with van der Waals surface area (Å²) in [6.45, 7) is 1.39. The lowest BCUT2D eigenvalue weighted by Gasteiger charge is -2.19. The molecule has 1 aromatic rings. The Morgan fingerprint density at radius 2 is 2.19 bits per heavy atom. The van der Waals surface area contributed by atoms with Gasteiger partial charge in [-0.2, -0.15) is 0 Å². The summed E-state index contributed by atoms with van der Waals surface area (Å²) >= 11 is 0. The highest BCUT2D eigenvalue weighted by molar-refractivity contribution is 5.95. The van der Waals surface area contributed by atoms with Crippen LogP contribution in [0.15, 0.2) is 18.2 Å². The number of nitrogens with one attached hydrogen (secondary N) is 1. The number of amides is 1. The van der Waals surface area contributed by atoms with E-state index in [9.17, 15) is 15.0 Å². The van der Waals surface area contributed by atoms with Crippen LogP contribution in [0.25, 0.3) is 0 Å². The molecule has 0 saturated carbocycles. The number of rotatable bonds is 4. The molecule has 1 aliphatic heterocycles. The van der Waals surface area contributed by atoms with E-state index in [-0.39, 0.29) is 23.7 Å². The fourth-order valence-corrected chi connectivity index (χ4v) is 2.37. The third kappa shape index (κ3) is 3.10. The molecule has 0 aromatic heterocycles. The number of carbonyl (C=O) groups excluding carboxylic acids is 1. The topological polar surface area (TPSA) is 108 Å². The Bertz CT molecular complexity index is 520. The maximum atomic E-state index is 12.1. The lowest BCUT2D eigenvalue weighted by molar-refractivity contribution is -0.0170. The molecule has 21 heavy (non-hydrogen) atoms. The van der Waals surface area contributed by atoms with Gasteiger partial charge in [0.1, 0.15) is 12.2 Å². The lowest BCUT2D eigenvalue weighted by Crippen LogP contribution is -2.47. The number of aliphatic hydroxyl groups is 2. The molecule has 4 N–H and O–H groups in total. The number of ether oxygens (including phenoxy) is 2. The number of hydrogen-bond acceptors (Lipinski definition) is 6. The third-order valence-corrected chi connectivity index (χ3v) is 3.56. The molecule has 0 bridgehead atoms. The highest BCUT2D eigenvalue weighted by Gasteiger charge is 2.41. The van der Waals surface area contributed by atoms with E-state index < -0.39 is 30.3 Å². The average molecular weight is 297 g/mol. The Balaban J connectivity index is 2.09. The van der Waals surface area contributed by atoms with Gasteiger partial charge in [0, 0.05) is 5.56 Å². The molecule has 4 atom stereocenters. The van der Waals surface area contributed by atoms with Gasteiger partial charge in [0.25, 0.3) is 5.91 Å². The van der Waals surface area contributed by atoms with Crippen molar-refractivity contribution in [3.63, 3.8) is 0 Å². The van der Waals surface area contributed by atoms with E-state index in [1.165, 1.54) is 25.3 Å². The van der Waals surface area contributed by atoms with Gasteiger partial charge in [0.15, 0.2) is 11.5 Å². The number of carbonyl (C=O) groups is 1. The molecule has 1 aromatic carbocycles. The van der Waals surface area contributed by atoms with E-state index in [0.29, 0.717) is 0 Å². The van der Waals surface area contributed by atoms with Crippen molar-refractivity contribution in [3.05, 3.63) is 23.8 Å². The summed E-state index contributed by atoms with van der Waals surface area (Å²) in [7, 11) is 1.41. The first-order valence-corrected chi connectivity index (χ1v) is 6.60. The Hall–Kier alpha value is -1.83. The second-order valence-electron chi connectivity index (χ2n) is 4.94. The number of benzene rings is 1. The van der Waals surface area contributed by atoms with Gasteiger partial charge in [-0.05, 0) is 25.1 Å². The molecule has 1 fully saturated rings. The molecule has 7 heteroatoms. The van der Waals surface area contributed by atoms with Crippen molar-refractivity contribution in [2.24, 2.45) is 0 Å². The Morgan fingerprint density at radius 1 is 1.48 bits per heavy atom. The summed E-state index contributed by atoms with van der Waals surface area (Å²) in [5.41, 5.74) is 0.236. The molecule has 1 saturated heterocycles. The fraction of sp³-hybridized carbons (Fsp3) is 0.500. The van der Waals surface area contributed by atoms with Crippen LogP contribution in [0.2, 0.25) is 0 Å². The summed E-state index contributed by atoms with van der Waals surface area (Å²) < 4.78 is 10.3. The molecule has 1 heterocycles. The van der Waals surface area contributed by atoms with E-state index in [0.717, 1.165) is 0 Å². The van der Waals surface area contributed by atoms with Gasteiger partial charge in [0.05, 0.1) is 25.9 Å². The van der Waals surface area contributed by atoms with Crippen LogP contribution in [0.4, 0.5) is 0 Å². The maximum Gasteiger partial charge on any atom is 0.251 e. The molecule has 116 valence electrons. The van der Waals surface area contributed by atoms with Crippen molar-refractivity contribution < 1.29 is 29.6 Å². The summed E-state index contributed by atoms with van der Waals surface area (Å²) in [5.74, 6) is -0.329. The summed E-state index contributed by atoms with van der Waals surface area (Å²) in [6, 6.07) is 3.64. The number of hydrogen-bond donors (Lipinski definition) is 4. The molecule has 0 radical (unpaired) electrons. The summed E-state index contributed by atoms with van der Waals surface area (Å²) in [6.07, 6.45) is -2.12. The van der Waals surface area contributed by atoms with Crippen molar-refractivity contribution in [2.75, 3.05) is 13.7 Å². The van der Waals surface area contributed by atoms with E-state index in [1.54, 1.807) is 6.92 Å². The van der Waals surface area contributed by atoms with Crippen molar-refractivity contribution in [3.8, 4) is 11.5 Å². The highest BCUT2D eigenvalue weighted by atomic mass is 16.5. The van der Waals surface area contributed by atoms with Crippen LogP contribution in [-0.4, -0.2) is 59.3 Å². The molecule has 0 spiro atoms.